The van der Waals surface area contributed by atoms with Gasteiger partial charge in [-0.15, -0.1) is 11.3 Å². The average molecular weight is 375 g/mol. The van der Waals surface area contributed by atoms with Crippen LogP contribution in [0.25, 0.3) is 10.7 Å². The van der Waals surface area contributed by atoms with E-state index in [2.05, 4.69) is 25.9 Å². The van der Waals surface area contributed by atoms with Crippen LogP contribution in [0.3, 0.4) is 0 Å². The Labute approximate surface area is 158 Å². The van der Waals surface area contributed by atoms with Crippen molar-refractivity contribution in [2.45, 2.75) is 39.0 Å². The van der Waals surface area contributed by atoms with E-state index < -0.39 is 0 Å². The summed E-state index contributed by atoms with van der Waals surface area (Å²) in [6, 6.07) is 2.27. The molecule has 2 aromatic heterocycles. The molecule has 7 heteroatoms. The molecule has 0 saturated carbocycles. The fourth-order valence-corrected chi connectivity index (χ4v) is 4.71. The van der Waals surface area contributed by atoms with Gasteiger partial charge in [-0.3, -0.25) is 9.69 Å². The van der Waals surface area contributed by atoms with Crippen LogP contribution >= 0.6 is 11.3 Å². The molecule has 1 atom stereocenters. The number of likely N-dealkylation sites (tertiary alicyclic amines) is 1. The molecule has 4 rings (SSSR count). The molecule has 0 N–H and O–H groups in total. The number of amides is 1. The van der Waals surface area contributed by atoms with Gasteiger partial charge in [-0.05, 0) is 42.9 Å². The second kappa shape index (κ2) is 7.90. The zero-order valence-corrected chi connectivity index (χ0v) is 16.1. The van der Waals surface area contributed by atoms with E-state index in [0.717, 1.165) is 18.9 Å². The van der Waals surface area contributed by atoms with Gasteiger partial charge >= 0.3 is 0 Å². The predicted molar refractivity (Wildman–Crippen MR) is 102 cm³/mol. The summed E-state index contributed by atoms with van der Waals surface area (Å²) in [4.78, 5) is 21.8. The Morgan fingerprint density at radius 2 is 2.19 bits per heavy atom. The summed E-state index contributed by atoms with van der Waals surface area (Å²) in [5.74, 6) is 1.11. The van der Waals surface area contributed by atoms with Gasteiger partial charge in [0, 0.05) is 39.0 Å². The van der Waals surface area contributed by atoms with Gasteiger partial charge in [-0.25, -0.2) is 4.98 Å². The number of imidazole rings is 1. The highest BCUT2D eigenvalue weighted by Crippen LogP contribution is 2.28. The SMILES string of the molecule is CC(=O)N1CCOC(Cn2ccnc2-c2cc(CN3CCCC3)cs2)C1. The van der Waals surface area contributed by atoms with Gasteiger partial charge in [-0.2, -0.15) is 0 Å². The number of hydrogen-bond donors (Lipinski definition) is 0. The van der Waals surface area contributed by atoms with Gasteiger partial charge < -0.3 is 14.2 Å². The van der Waals surface area contributed by atoms with Crippen molar-refractivity contribution in [1.29, 1.82) is 0 Å². The maximum Gasteiger partial charge on any atom is 0.219 e. The smallest absolute Gasteiger partial charge is 0.219 e. The number of hydrogen-bond acceptors (Lipinski definition) is 5. The molecule has 26 heavy (non-hydrogen) atoms. The molecule has 140 valence electrons. The van der Waals surface area contributed by atoms with Crippen LogP contribution in [0.2, 0.25) is 0 Å². The maximum atomic E-state index is 11.6. The Balaban J connectivity index is 1.43. The molecule has 0 bridgehead atoms. The van der Waals surface area contributed by atoms with Crippen molar-refractivity contribution in [3.05, 3.63) is 29.4 Å². The van der Waals surface area contributed by atoms with Crippen molar-refractivity contribution < 1.29 is 9.53 Å². The number of carbonyl (C=O) groups is 1. The summed E-state index contributed by atoms with van der Waals surface area (Å²) >= 11 is 1.76. The lowest BCUT2D eigenvalue weighted by molar-refractivity contribution is -0.136. The average Bonchev–Trinajstić information content (AvgIpc) is 3.37. The molecule has 0 spiro atoms. The molecule has 4 heterocycles. The van der Waals surface area contributed by atoms with E-state index in [9.17, 15) is 4.79 Å². The second-order valence-corrected chi connectivity index (χ2v) is 8.07. The van der Waals surface area contributed by atoms with Crippen LogP contribution in [-0.2, 0) is 22.6 Å². The summed E-state index contributed by atoms with van der Waals surface area (Å²) < 4.78 is 8.02. The van der Waals surface area contributed by atoms with Gasteiger partial charge in [0.2, 0.25) is 5.91 Å². The topological polar surface area (TPSA) is 50.6 Å². The van der Waals surface area contributed by atoms with E-state index in [4.69, 9.17) is 4.74 Å². The van der Waals surface area contributed by atoms with Crippen molar-refractivity contribution in [1.82, 2.24) is 19.4 Å². The normalized spacial score (nSPS) is 21.4. The van der Waals surface area contributed by atoms with Gasteiger partial charge in [-0.1, -0.05) is 0 Å². The first-order chi connectivity index (χ1) is 12.7. The van der Waals surface area contributed by atoms with Crippen molar-refractivity contribution >= 4 is 17.2 Å². The molecular formula is C19H26N4O2S. The van der Waals surface area contributed by atoms with Crippen molar-refractivity contribution in [3.8, 4) is 10.7 Å². The van der Waals surface area contributed by atoms with Crippen molar-refractivity contribution in [2.24, 2.45) is 0 Å². The Bertz CT molecular complexity index is 750. The number of ether oxygens (including phenoxy) is 1. The van der Waals surface area contributed by atoms with Crippen LogP contribution in [0.5, 0.6) is 0 Å². The number of carbonyl (C=O) groups excluding carboxylic acids is 1. The third kappa shape index (κ3) is 4.00. The molecular weight excluding hydrogens is 348 g/mol. The Morgan fingerprint density at radius 3 is 3.00 bits per heavy atom. The molecule has 2 aliphatic rings. The quantitative estimate of drug-likeness (QED) is 0.807. The van der Waals surface area contributed by atoms with E-state index in [-0.39, 0.29) is 12.0 Å². The Hall–Kier alpha value is -1.70. The summed E-state index contributed by atoms with van der Waals surface area (Å²) in [6.45, 7) is 7.75. The van der Waals surface area contributed by atoms with E-state index >= 15 is 0 Å². The maximum absolute atomic E-state index is 11.6. The molecule has 2 fully saturated rings. The van der Waals surface area contributed by atoms with Gasteiger partial charge in [0.15, 0.2) is 0 Å². The van der Waals surface area contributed by atoms with E-state index in [0.29, 0.717) is 19.7 Å². The minimum absolute atomic E-state index is 0.0182. The summed E-state index contributed by atoms with van der Waals surface area (Å²) in [7, 11) is 0. The van der Waals surface area contributed by atoms with Gasteiger partial charge in [0.05, 0.1) is 24.1 Å². The minimum atomic E-state index is 0.0182. The lowest BCUT2D eigenvalue weighted by Gasteiger charge is -2.32. The fourth-order valence-electron chi connectivity index (χ4n) is 3.79. The van der Waals surface area contributed by atoms with E-state index in [1.807, 2.05) is 17.3 Å². The lowest BCUT2D eigenvalue weighted by Crippen LogP contribution is -2.46. The van der Waals surface area contributed by atoms with Crippen LogP contribution in [0, 0.1) is 0 Å². The molecule has 2 aromatic rings. The summed E-state index contributed by atoms with van der Waals surface area (Å²) in [5, 5.41) is 2.25. The first-order valence-corrected chi connectivity index (χ1v) is 10.3. The first kappa shape index (κ1) is 17.7. The van der Waals surface area contributed by atoms with Crippen LogP contribution in [-0.4, -0.2) is 64.1 Å². The van der Waals surface area contributed by atoms with Crippen LogP contribution in [0.4, 0.5) is 0 Å². The van der Waals surface area contributed by atoms with E-state index in [1.54, 1.807) is 18.3 Å². The van der Waals surface area contributed by atoms with Crippen LogP contribution < -0.4 is 0 Å². The Kier molecular flexibility index (Phi) is 5.38. The van der Waals surface area contributed by atoms with Crippen molar-refractivity contribution in [2.75, 3.05) is 32.8 Å². The first-order valence-electron chi connectivity index (χ1n) is 9.37. The zero-order chi connectivity index (χ0) is 17.9. The highest BCUT2D eigenvalue weighted by Gasteiger charge is 2.23. The van der Waals surface area contributed by atoms with Crippen molar-refractivity contribution in [3.63, 3.8) is 0 Å². The third-order valence-corrected chi connectivity index (χ3v) is 6.15. The molecule has 0 aromatic carbocycles. The van der Waals surface area contributed by atoms with Crippen LogP contribution in [0.1, 0.15) is 25.3 Å². The lowest BCUT2D eigenvalue weighted by atomic mass is 10.2. The van der Waals surface area contributed by atoms with Crippen LogP contribution in [0.15, 0.2) is 23.8 Å². The standard InChI is InChI=1S/C19H26N4O2S/c1-15(24)22-8-9-25-17(12-22)13-23-7-4-20-19(23)18-10-16(14-26-18)11-21-5-2-3-6-21/h4,7,10,14,17H,2-3,5-6,8-9,11-13H2,1H3. The molecule has 2 saturated heterocycles. The molecule has 2 aliphatic heterocycles. The number of morpholine rings is 1. The fraction of sp³-hybridized carbons (Fsp3) is 0.579. The Morgan fingerprint density at radius 1 is 1.35 bits per heavy atom. The summed E-state index contributed by atoms with van der Waals surface area (Å²) in [6.07, 6.45) is 6.51. The highest BCUT2D eigenvalue weighted by atomic mass is 32.1. The van der Waals surface area contributed by atoms with Gasteiger partial charge in [0.1, 0.15) is 5.82 Å². The van der Waals surface area contributed by atoms with E-state index in [1.165, 1.54) is 36.4 Å². The second-order valence-electron chi connectivity index (χ2n) is 7.16. The zero-order valence-electron chi connectivity index (χ0n) is 15.3. The molecule has 1 amide bonds. The number of nitrogens with zero attached hydrogens (tertiary/aromatic N) is 4. The number of rotatable bonds is 5. The number of aromatic nitrogens is 2. The highest BCUT2D eigenvalue weighted by molar-refractivity contribution is 7.13. The largest absolute Gasteiger partial charge is 0.373 e. The molecule has 6 nitrogen and oxygen atoms in total. The molecule has 1 unspecified atom stereocenters. The minimum Gasteiger partial charge on any atom is -0.373 e. The van der Waals surface area contributed by atoms with Gasteiger partial charge in [0.25, 0.3) is 0 Å². The monoisotopic (exact) mass is 374 g/mol. The predicted octanol–water partition coefficient (Wildman–Crippen LogP) is 2.45. The number of thiophene rings is 1. The summed E-state index contributed by atoms with van der Waals surface area (Å²) in [5.41, 5.74) is 1.37. The third-order valence-electron chi connectivity index (χ3n) is 5.18. The molecule has 0 aliphatic carbocycles. The molecule has 0 radical (unpaired) electrons.